The van der Waals surface area contributed by atoms with E-state index in [9.17, 15) is 9.59 Å². The molecule has 0 radical (unpaired) electrons. The smallest absolute Gasteiger partial charge is 0.268 e. The Bertz CT molecular complexity index is 1290. The number of benzene rings is 2. The fourth-order valence-electron chi connectivity index (χ4n) is 3.81. The van der Waals surface area contributed by atoms with E-state index in [0.717, 1.165) is 15.6 Å². The third-order valence-electron chi connectivity index (χ3n) is 5.43. The zero-order chi connectivity index (χ0) is 22.8. The molecule has 166 valence electrons. The minimum absolute atomic E-state index is 0.276. The first-order valence-electron chi connectivity index (χ1n) is 9.98. The SMILES string of the molecule is COc1cc(C(c2c(C)[nH][nH]c2=O)c2c(C)[nH][nH]c2=O)ccc1OCc1ccc(Br)cc1. The van der Waals surface area contributed by atoms with E-state index in [1.54, 1.807) is 33.1 Å². The summed E-state index contributed by atoms with van der Waals surface area (Å²) >= 11 is 3.42. The van der Waals surface area contributed by atoms with E-state index < -0.39 is 5.92 Å². The molecule has 0 aliphatic carbocycles. The summed E-state index contributed by atoms with van der Waals surface area (Å²) < 4.78 is 12.6. The predicted octanol–water partition coefficient (Wildman–Crippen LogP) is 3.87. The number of aromatic nitrogens is 4. The van der Waals surface area contributed by atoms with Crippen LogP contribution >= 0.6 is 15.9 Å². The maximum absolute atomic E-state index is 12.6. The van der Waals surface area contributed by atoms with Gasteiger partial charge in [0.1, 0.15) is 6.61 Å². The standard InChI is InChI=1S/C23H23BrN4O4/c1-12-19(22(29)27-25-12)21(20-13(2)26-28-23(20)30)15-6-9-17(18(10-15)31-3)32-11-14-4-7-16(24)8-5-14/h4-10,21H,11H2,1-3H3,(H2,25,27,29)(H2,26,28,30). The van der Waals surface area contributed by atoms with Crippen molar-refractivity contribution in [1.29, 1.82) is 0 Å². The first-order valence-corrected chi connectivity index (χ1v) is 10.8. The lowest BCUT2D eigenvalue weighted by Crippen LogP contribution is -2.20. The van der Waals surface area contributed by atoms with Gasteiger partial charge in [-0.05, 0) is 49.2 Å². The summed E-state index contributed by atoms with van der Waals surface area (Å²) in [4.78, 5) is 25.2. The number of hydrogen-bond acceptors (Lipinski definition) is 4. The third kappa shape index (κ3) is 4.16. The summed E-state index contributed by atoms with van der Waals surface area (Å²) in [5.74, 6) is 0.491. The Morgan fingerprint density at radius 3 is 1.94 bits per heavy atom. The first kappa shape index (κ1) is 21.8. The molecular weight excluding hydrogens is 476 g/mol. The van der Waals surface area contributed by atoms with Crippen molar-refractivity contribution in [2.24, 2.45) is 0 Å². The van der Waals surface area contributed by atoms with Gasteiger partial charge in [-0.2, -0.15) is 0 Å². The first-order chi connectivity index (χ1) is 15.4. The van der Waals surface area contributed by atoms with E-state index in [-0.39, 0.29) is 11.1 Å². The van der Waals surface area contributed by atoms with Crippen LogP contribution in [0.15, 0.2) is 56.5 Å². The molecule has 4 rings (SSSR count). The minimum atomic E-state index is -0.588. The van der Waals surface area contributed by atoms with Crippen molar-refractivity contribution in [2.75, 3.05) is 7.11 Å². The average Bonchev–Trinajstić information content (AvgIpc) is 3.30. The van der Waals surface area contributed by atoms with Gasteiger partial charge in [-0.3, -0.25) is 19.8 Å². The highest BCUT2D eigenvalue weighted by Crippen LogP contribution is 2.37. The van der Waals surface area contributed by atoms with Crippen molar-refractivity contribution >= 4 is 15.9 Å². The van der Waals surface area contributed by atoms with Crippen LogP contribution in [-0.4, -0.2) is 27.5 Å². The zero-order valence-electron chi connectivity index (χ0n) is 17.8. The van der Waals surface area contributed by atoms with Gasteiger partial charge in [0.05, 0.1) is 18.2 Å². The number of ether oxygens (including phenoxy) is 2. The maximum Gasteiger partial charge on any atom is 0.268 e. The summed E-state index contributed by atoms with van der Waals surface area (Å²) in [6, 6.07) is 13.3. The molecule has 0 aliphatic heterocycles. The molecule has 2 aromatic carbocycles. The van der Waals surface area contributed by atoms with E-state index in [1.807, 2.05) is 30.3 Å². The second-order valence-corrected chi connectivity index (χ2v) is 8.41. The van der Waals surface area contributed by atoms with Crippen molar-refractivity contribution in [3.63, 3.8) is 0 Å². The molecule has 32 heavy (non-hydrogen) atoms. The maximum atomic E-state index is 12.6. The molecule has 0 saturated heterocycles. The lowest BCUT2D eigenvalue weighted by molar-refractivity contribution is 0.284. The fourth-order valence-corrected chi connectivity index (χ4v) is 4.07. The molecule has 9 heteroatoms. The van der Waals surface area contributed by atoms with Crippen molar-refractivity contribution in [2.45, 2.75) is 26.4 Å². The van der Waals surface area contributed by atoms with Crippen LogP contribution < -0.4 is 20.6 Å². The van der Waals surface area contributed by atoms with E-state index >= 15 is 0 Å². The Balaban J connectivity index is 1.74. The van der Waals surface area contributed by atoms with E-state index in [4.69, 9.17) is 9.47 Å². The predicted molar refractivity (Wildman–Crippen MR) is 125 cm³/mol. The van der Waals surface area contributed by atoms with Gasteiger partial charge in [0, 0.05) is 21.8 Å². The molecule has 4 N–H and O–H groups in total. The third-order valence-corrected chi connectivity index (χ3v) is 5.96. The van der Waals surface area contributed by atoms with Crippen molar-refractivity contribution in [1.82, 2.24) is 20.4 Å². The molecule has 0 atom stereocenters. The number of aromatic amines is 4. The van der Waals surface area contributed by atoms with Gasteiger partial charge in [0.2, 0.25) is 0 Å². The van der Waals surface area contributed by atoms with E-state index in [0.29, 0.717) is 40.6 Å². The monoisotopic (exact) mass is 498 g/mol. The number of halogens is 1. The number of rotatable bonds is 7. The van der Waals surface area contributed by atoms with Gasteiger partial charge in [0.15, 0.2) is 11.5 Å². The second-order valence-electron chi connectivity index (χ2n) is 7.49. The van der Waals surface area contributed by atoms with Crippen LogP contribution in [0.3, 0.4) is 0 Å². The molecular formula is C23H23BrN4O4. The zero-order valence-corrected chi connectivity index (χ0v) is 19.4. The fraction of sp³-hybridized carbons (Fsp3) is 0.217. The Hall–Kier alpha value is -3.46. The summed E-state index contributed by atoms with van der Waals surface area (Å²) in [5, 5.41) is 10.9. The Morgan fingerprint density at radius 1 is 0.844 bits per heavy atom. The number of methoxy groups -OCH3 is 1. The highest BCUT2D eigenvalue weighted by Gasteiger charge is 2.28. The van der Waals surface area contributed by atoms with Crippen molar-refractivity contribution in [3.8, 4) is 11.5 Å². The lowest BCUT2D eigenvalue weighted by Gasteiger charge is -2.18. The van der Waals surface area contributed by atoms with Crippen LogP contribution in [0.1, 0.15) is 39.6 Å². The molecule has 0 aliphatic rings. The van der Waals surface area contributed by atoms with Crippen LogP contribution in [0.25, 0.3) is 0 Å². The summed E-state index contributed by atoms with van der Waals surface area (Å²) in [6.45, 7) is 3.96. The quantitative estimate of drug-likeness (QED) is 0.309. The van der Waals surface area contributed by atoms with Crippen LogP contribution in [0.4, 0.5) is 0 Å². The second kappa shape index (κ2) is 8.96. The summed E-state index contributed by atoms with van der Waals surface area (Å²) in [7, 11) is 1.56. The molecule has 0 bridgehead atoms. The van der Waals surface area contributed by atoms with Gasteiger partial charge in [-0.25, -0.2) is 0 Å². The molecule has 0 unspecified atom stereocenters. The molecule has 2 aromatic heterocycles. The average molecular weight is 499 g/mol. The van der Waals surface area contributed by atoms with Crippen LogP contribution in [-0.2, 0) is 6.61 Å². The lowest BCUT2D eigenvalue weighted by atomic mass is 9.85. The van der Waals surface area contributed by atoms with E-state index in [1.165, 1.54) is 0 Å². The van der Waals surface area contributed by atoms with Gasteiger partial charge < -0.3 is 19.7 Å². The Labute approximate surface area is 192 Å². The molecule has 8 nitrogen and oxygen atoms in total. The minimum Gasteiger partial charge on any atom is -0.493 e. The number of H-pyrrole nitrogens is 4. The Kier molecular flexibility index (Phi) is 6.09. The number of hydrogen-bond donors (Lipinski definition) is 4. The van der Waals surface area contributed by atoms with Crippen molar-refractivity contribution < 1.29 is 9.47 Å². The van der Waals surface area contributed by atoms with Crippen molar-refractivity contribution in [3.05, 3.63) is 101 Å². The van der Waals surface area contributed by atoms with E-state index in [2.05, 4.69) is 36.3 Å². The Morgan fingerprint density at radius 2 is 1.44 bits per heavy atom. The highest BCUT2D eigenvalue weighted by molar-refractivity contribution is 9.10. The number of aryl methyl sites for hydroxylation is 2. The largest absolute Gasteiger partial charge is 0.493 e. The van der Waals surface area contributed by atoms with Gasteiger partial charge in [-0.1, -0.05) is 34.1 Å². The topological polar surface area (TPSA) is 116 Å². The molecule has 0 fully saturated rings. The van der Waals surface area contributed by atoms with Crippen LogP contribution in [0.2, 0.25) is 0 Å². The normalized spacial score (nSPS) is 11.2. The van der Waals surface area contributed by atoms with Gasteiger partial charge in [-0.15, -0.1) is 0 Å². The highest BCUT2D eigenvalue weighted by atomic mass is 79.9. The van der Waals surface area contributed by atoms with Crippen LogP contribution in [0, 0.1) is 13.8 Å². The summed E-state index contributed by atoms with van der Waals surface area (Å²) in [5.41, 5.74) is 3.47. The summed E-state index contributed by atoms with van der Waals surface area (Å²) in [6.07, 6.45) is 0. The number of nitrogens with one attached hydrogen (secondary N) is 4. The van der Waals surface area contributed by atoms with Crippen LogP contribution in [0.5, 0.6) is 11.5 Å². The van der Waals surface area contributed by atoms with Gasteiger partial charge in [0.25, 0.3) is 11.1 Å². The molecule has 0 amide bonds. The molecule has 2 heterocycles. The van der Waals surface area contributed by atoms with Gasteiger partial charge >= 0.3 is 0 Å². The molecule has 4 aromatic rings. The molecule has 0 spiro atoms. The molecule has 0 saturated carbocycles.